The van der Waals surface area contributed by atoms with Gasteiger partial charge in [0.1, 0.15) is 17.9 Å². The van der Waals surface area contributed by atoms with E-state index in [0.717, 1.165) is 60.4 Å². The van der Waals surface area contributed by atoms with E-state index in [1.807, 2.05) is 27.0 Å². The molecule has 174 valence electrons. The molecule has 7 heteroatoms. The lowest BCUT2D eigenvalue weighted by atomic mass is 9.71. The summed E-state index contributed by atoms with van der Waals surface area (Å²) >= 11 is 0. The highest BCUT2D eigenvalue weighted by Crippen LogP contribution is 2.49. The Morgan fingerprint density at radius 2 is 1.88 bits per heavy atom. The lowest BCUT2D eigenvalue weighted by molar-refractivity contribution is 0.0882. The van der Waals surface area contributed by atoms with E-state index in [-0.39, 0.29) is 17.6 Å². The molecule has 7 nitrogen and oxygen atoms in total. The maximum absolute atomic E-state index is 10.6. The minimum Gasteiger partial charge on any atom is -0.488 e. The fraction of sp³-hybridized carbons (Fsp3) is 0.600. The van der Waals surface area contributed by atoms with Gasteiger partial charge in [-0.05, 0) is 69.1 Å². The van der Waals surface area contributed by atoms with Gasteiger partial charge in [-0.1, -0.05) is 13.8 Å². The van der Waals surface area contributed by atoms with E-state index in [9.17, 15) is 5.11 Å². The van der Waals surface area contributed by atoms with Crippen molar-refractivity contribution in [2.24, 2.45) is 5.73 Å². The highest BCUT2D eigenvalue weighted by molar-refractivity contribution is 5.83. The van der Waals surface area contributed by atoms with Gasteiger partial charge in [0.2, 0.25) is 0 Å². The summed E-state index contributed by atoms with van der Waals surface area (Å²) in [5, 5.41) is 10.6. The third kappa shape index (κ3) is 4.41. The summed E-state index contributed by atoms with van der Waals surface area (Å²) < 4.78 is 6.58. The van der Waals surface area contributed by atoms with Crippen molar-refractivity contribution in [1.82, 2.24) is 9.97 Å². The zero-order chi connectivity index (χ0) is 23.3. The van der Waals surface area contributed by atoms with E-state index >= 15 is 0 Å². The summed E-state index contributed by atoms with van der Waals surface area (Å²) in [6, 6.07) is 4.42. The van der Waals surface area contributed by atoms with Gasteiger partial charge in [-0.15, -0.1) is 0 Å². The SMILES string of the molecule is CN(CC(C)(C)O)c1c(O[C@H]2CC[C@H](N)CC2)ccc2c1CC(C)(C)c1c(N)ncnc1-2. The van der Waals surface area contributed by atoms with Crippen LogP contribution in [-0.4, -0.2) is 46.4 Å². The molecule has 1 aromatic heterocycles. The minimum absolute atomic E-state index is 0.156. The molecular weight excluding hydrogens is 402 g/mol. The molecular formula is C25H37N5O2. The summed E-state index contributed by atoms with van der Waals surface area (Å²) in [5.74, 6) is 1.40. The monoisotopic (exact) mass is 439 g/mol. The van der Waals surface area contributed by atoms with Crippen LogP contribution in [0.2, 0.25) is 0 Å². The van der Waals surface area contributed by atoms with Crippen molar-refractivity contribution >= 4 is 11.5 Å². The Morgan fingerprint density at radius 3 is 2.53 bits per heavy atom. The van der Waals surface area contributed by atoms with Crippen LogP contribution in [0.5, 0.6) is 5.75 Å². The van der Waals surface area contributed by atoms with E-state index in [1.165, 1.54) is 11.9 Å². The molecule has 1 saturated carbocycles. The van der Waals surface area contributed by atoms with Crippen molar-refractivity contribution in [2.45, 2.75) is 83.0 Å². The summed E-state index contributed by atoms with van der Waals surface area (Å²) in [7, 11) is 2.02. The number of nitrogens with two attached hydrogens (primary N) is 2. The topological polar surface area (TPSA) is 111 Å². The molecule has 0 amide bonds. The van der Waals surface area contributed by atoms with Crippen LogP contribution in [0.15, 0.2) is 18.5 Å². The van der Waals surface area contributed by atoms with Crippen LogP contribution in [0.4, 0.5) is 11.5 Å². The highest BCUT2D eigenvalue weighted by Gasteiger charge is 2.37. The molecule has 2 aliphatic rings. The molecule has 1 aromatic carbocycles. The molecule has 1 fully saturated rings. The lowest BCUT2D eigenvalue weighted by Gasteiger charge is -2.38. The van der Waals surface area contributed by atoms with Crippen molar-refractivity contribution < 1.29 is 9.84 Å². The van der Waals surface area contributed by atoms with Crippen molar-refractivity contribution in [2.75, 3.05) is 24.2 Å². The van der Waals surface area contributed by atoms with Gasteiger partial charge in [-0.2, -0.15) is 0 Å². The van der Waals surface area contributed by atoms with Gasteiger partial charge in [-0.25, -0.2) is 9.97 Å². The summed E-state index contributed by atoms with van der Waals surface area (Å²) in [4.78, 5) is 11.0. The molecule has 0 atom stereocenters. The van der Waals surface area contributed by atoms with Gasteiger partial charge >= 0.3 is 0 Å². The molecule has 2 aliphatic carbocycles. The Labute approximate surface area is 191 Å². The number of likely N-dealkylation sites (N-methyl/N-ethyl adjacent to an activating group) is 1. The fourth-order valence-electron chi connectivity index (χ4n) is 5.38. The smallest absolute Gasteiger partial charge is 0.143 e. The predicted molar refractivity (Wildman–Crippen MR) is 129 cm³/mol. The normalized spacial score (nSPS) is 22.1. The molecule has 0 radical (unpaired) electrons. The van der Waals surface area contributed by atoms with Crippen LogP contribution in [-0.2, 0) is 11.8 Å². The Balaban J connectivity index is 1.83. The second kappa shape index (κ2) is 8.19. The van der Waals surface area contributed by atoms with Crippen LogP contribution in [0, 0.1) is 0 Å². The van der Waals surface area contributed by atoms with Gasteiger partial charge < -0.3 is 26.2 Å². The van der Waals surface area contributed by atoms with E-state index in [0.29, 0.717) is 12.4 Å². The van der Waals surface area contributed by atoms with Crippen LogP contribution < -0.4 is 21.1 Å². The van der Waals surface area contributed by atoms with E-state index < -0.39 is 5.60 Å². The molecule has 0 saturated heterocycles. The van der Waals surface area contributed by atoms with Gasteiger partial charge in [0.15, 0.2) is 0 Å². The minimum atomic E-state index is -0.846. The number of aromatic nitrogens is 2. The Bertz CT molecular complexity index is 991. The van der Waals surface area contributed by atoms with E-state index in [1.54, 1.807) is 0 Å². The molecule has 0 unspecified atom stereocenters. The first-order valence-electron chi connectivity index (χ1n) is 11.6. The number of benzene rings is 1. The molecule has 0 spiro atoms. The average Bonchev–Trinajstić information content (AvgIpc) is 2.67. The Morgan fingerprint density at radius 1 is 1.19 bits per heavy atom. The van der Waals surface area contributed by atoms with E-state index in [2.05, 4.69) is 34.8 Å². The quantitative estimate of drug-likeness (QED) is 0.655. The molecule has 2 aromatic rings. The molecule has 0 bridgehead atoms. The fourth-order valence-corrected chi connectivity index (χ4v) is 5.38. The Kier molecular flexibility index (Phi) is 5.84. The van der Waals surface area contributed by atoms with Crippen LogP contribution in [0.1, 0.15) is 64.5 Å². The standard InChI is InChI=1S/C25H37N5O2/c1-24(2)12-18-17(21-20(24)23(27)29-14-28-21)10-11-19(22(18)30(5)13-25(3,4)31)32-16-8-6-15(26)7-9-16/h10-11,14-16,31H,6-9,12-13,26H2,1-5H3,(H2,27,28,29)/t15-,16-. The molecule has 5 N–H and O–H groups in total. The van der Waals surface area contributed by atoms with Crippen molar-refractivity contribution in [1.29, 1.82) is 0 Å². The summed E-state index contributed by atoms with van der Waals surface area (Å²) in [5.41, 5.74) is 16.5. The van der Waals surface area contributed by atoms with Crippen LogP contribution in [0.3, 0.4) is 0 Å². The maximum Gasteiger partial charge on any atom is 0.143 e. The number of anilines is 2. The molecule has 32 heavy (non-hydrogen) atoms. The largest absolute Gasteiger partial charge is 0.488 e. The first kappa shape index (κ1) is 22.8. The molecule has 4 rings (SSSR count). The summed E-state index contributed by atoms with van der Waals surface area (Å²) in [6.45, 7) is 8.51. The molecule has 1 heterocycles. The van der Waals surface area contributed by atoms with Crippen molar-refractivity contribution in [3.63, 3.8) is 0 Å². The van der Waals surface area contributed by atoms with Gasteiger partial charge in [-0.3, -0.25) is 0 Å². The number of hydrogen-bond donors (Lipinski definition) is 3. The zero-order valence-corrected chi connectivity index (χ0v) is 20.0. The zero-order valence-electron chi connectivity index (χ0n) is 20.0. The maximum atomic E-state index is 10.6. The number of nitrogens with zero attached hydrogens (tertiary/aromatic N) is 3. The van der Waals surface area contributed by atoms with E-state index in [4.69, 9.17) is 16.2 Å². The first-order chi connectivity index (χ1) is 15.0. The van der Waals surface area contributed by atoms with Crippen LogP contribution in [0.25, 0.3) is 11.3 Å². The highest BCUT2D eigenvalue weighted by atomic mass is 16.5. The van der Waals surface area contributed by atoms with Gasteiger partial charge in [0, 0.05) is 30.8 Å². The number of fused-ring (bicyclic) bond motifs is 3. The number of nitrogen functional groups attached to an aromatic ring is 1. The summed E-state index contributed by atoms with van der Waals surface area (Å²) in [6.07, 6.45) is 6.38. The second-order valence-corrected chi connectivity index (χ2v) is 10.8. The number of rotatable bonds is 5. The van der Waals surface area contributed by atoms with Crippen molar-refractivity contribution in [3.05, 3.63) is 29.6 Å². The van der Waals surface area contributed by atoms with Gasteiger partial charge in [0.25, 0.3) is 0 Å². The Hall–Kier alpha value is -2.38. The van der Waals surface area contributed by atoms with Crippen LogP contribution >= 0.6 is 0 Å². The average molecular weight is 440 g/mol. The second-order valence-electron chi connectivity index (χ2n) is 10.8. The molecule has 0 aliphatic heterocycles. The van der Waals surface area contributed by atoms with Gasteiger partial charge in [0.05, 0.1) is 23.1 Å². The number of hydrogen-bond acceptors (Lipinski definition) is 7. The third-order valence-corrected chi connectivity index (χ3v) is 6.69. The number of ether oxygens (including phenoxy) is 1. The third-order valence-electron chi connectivity index (χ3n) is 6.69. The first-order valence-corrected chi connectivity index (χ1v) is 11.6. The lowest BCUT2D eigenvalue weighted by Crippen LogP contribution is -2.38. The number of aliphatic hydroxyl groups is 1. The van der Waals surface area contributed by atoms with Crippen molar-refractivity contribution in [3.8, 4) is 17.0 Å². The predicted octanol–water partition coefficient (Wildman–Crippen LogP) is 3.42.